The van der Waals surface area contributed by atoms with Gasteiger partial charge in [0.05, 0.1) is 12.0 Å². The lowest BCUT2D eigenvalue weighted by molar-refractivity contribution is 0.551. The highest BCUT2D eigenvalue weighted by atomic mass is 16.2. The summed E-state index contributed by atoms with van der Waals surface area (Å²) in [6.07, 6.45) is 4.03. The Morgan fingerprint density at radius 3 is 2.70 bits per heavy atom. The number of rotatable bonds is 5. The summed E-state index contributed by atoms with van der Waals surface area (Å²) in [6.45, 7) is 2.34. The average molecular weight is 316 g/mol. The second kappa shape index (κ2) is 5.86. The highest BCUT2D eigenvalue weighted by Crippen LogP contribution is 2.06. The molecule has 0 saturated heterocycles. The number of hydrogen-bond donors (Lipinski definition) is 1. The molecule has 0 unspecified atom stereocenters. The van der Waals surface area contributed by atoms with Crippen molar-refractivity contribution in [1.29, 1.82) is 0 Å². The number of H-pyrrole nitrogens is 1. The number of unbranched alkanes of at least 4 members (excludes halogenated alkanes) is 1. The van der Waals surface area contributed by atoms with Crippen LogP contribution in [0.2, 0.25) is 0 Å². The van der Waals surface area contributed by atoms with Crippen LogP contribution in [0.3, 0.4) is 0 Å². The number of aromatic amines is 1. The second-order valence-corrected chi connectivity index (χ2v) is 5.82. The first-order valence-corrected chi connectivity index (χ1v) is 7.61. The van der Waals surface area contributed by atoms with Gasteiger partial charge in [0.2, 0.25) is 0 Å². The van der Waals surface area contributed by atoms with Crippen LogP contribution in [-0.2, 0) is 27.1 Å². The molecule has 3 heterocycles. The van der Waals surface area contributed by atoms with E-state index in [1.165, 1.54) is 9.13 Å². The highest BCUT2D eigenvalue weighted by Gasteiger charge is 2.14. The van der Waals surface area contributed by atoms with Crippen LogP contribution in [0.5, 0.6) is 0 Å². The van der Waals surface area contributed by atoms with Crippen molar-refractivity contribution < 1.29 is 0 Å². The molecule has 8 nitrogen and oxygen atoms in total. The first-order chi connectivity index (χ1) is 11.0. The first-order valence-electron chi connectivity index (χ1n) is 7.61. The summed E-state index contributed by atoms with van der Waals surface area (Å²) in [7, 11) is 3.40. The average Bonchev–Trinajstić information content (AvgIpc) is 3.10. The maximum absolute atomic E-state index is 12.5. The zero-order valence-corrected chi connectivity index (χ0v) is 13.5. The van der Waals surface area contributed by atoms with E-state index in [4.69, 9.17) is 0 Å². The number of nitrogens with zero attached hydrogens (tertiary/aromatic N) is 5. The van der Waals surface area contributed by atoms with E-state index in [9.17, 15) is 9.59 Å². The van der Waals surface area contributed by atoms with Crippen LogP contribution in [0, 0.1) is 6.92 Å². The lowest BCUT2D eigenvalue weighted by Crippen LogP contribution is -2.39. The zero-order valence-electron chi connectivity index (χ0n) is 13.5. The van der Waals surface area contributed by atoms with Gasteiger partial charge < -0.3 is 4.57 Å². The normalized spacial score (nSPS) is 11.4. The molecule has 0 aliphatic heterocycles. The van der Waals surface area contributed by atoms with Crippen molar-refractivity contribution in [2.75, 3.05) is 0 Å². The number of imidazole rings is 1. The van der Waals surface area contributed by atoms with Crippen LogP contribution in [0.25, 0.3) is 11.2 Å². The van der Waals surface area contributed by atoms with Gasteiger partial charge in [-0.1, -0.05) is 0 Å². The molecule has 122 valence electrons. The van der Waals surface area contributed by atoms with Gasteiger partial charge in [-0.25, -0.2) is 9.78 Å². The van der Waals surface area contributed by atoms with Gasteiger partial charge >= 0.3 is 5.69 Å². The fourth-order valence-electron chi connectivity index (χ4n) is 2.78. The molecule has 23 heavy (non-hydrogen) atoms. The maximum Gasteiger partial charge on any atom is 0.332 e. The Morgan fingerprint density at radius 1 is 1.22 bits per heavy atom. The van der Waals surface area contributed by atoms with E-state index >= 15 is 0 Å². The fourth-order valence-corrected chi connectivity index (χ4v) is 2.78. The van der Waals surface area contributed by atoms with E-state index < -0.39 is 0 Å². The quantitative estimate of drug-likeness (QED) is 0.694. The van der Waals surface area contributed by atoms with Gasteiger partial charge in [0.15, 0.2) is 11.2 Å². The summed E-state index contributed by atoms with van der Waals surface area (Å²) >= 11 is 0. The molecule has 8 heteroatoms. The van der Waals surface area contributed by atoms with Gasteiger partial charge in [-0.05, 0) is 32.3 Å². The lowest BCUT2D eigenvalue weighted by Gasteiger charge is -2.08. The van der Waals surface area contributed by atoms with Gasteiger partial charge in [-0.2, -0.15) is 5.10 Å². The number of hydrogen-bond acceptors (Lipinski definition) is 4. The van der Waals surface area contributed by atoms with Crippen molar-refractivity contribution in [3.05, 3.63) is 44.6 Å². The third kappa shape index (κ3) is 2.71. The van der Waals surface area contributed by atoms with E-state index in [1.54, 1.807) is 25.0 Å². The summed E-state index contributed by atoms with van der Waals surface area (Å²) in [5.74, 6) is 0. The highest BCUT2D eigenvalue weighted by molar-refractivity contribution is 5.69. The molecule has 0 spiro atoms. The molecule has 0 amide bonds. The Labute approximate surface area is 132 Å². The Hall–Kier alpha value is -2.64. The van der Waals surface area contributed by atoms with E-state index in [0.29, 0.717) is 17.7 Å². The van der Waals surface area contributed by atoms with Crippen molar-refractivity contribution in [2.45, 2.75) is 32.7 Å². The van der Waals surface area contributed by atoms with Crippen molar-refractivity contribution in [3.8, 4) is 0 Å². The SMILES string of the molecule is Cc1cc(CCCCn2c(=O)c3c(ncn3C)n(C)c2=O)[nH]n1. The monoisotopic (exact) mass is 316 g/mol. The molecule has 0 atom stereocenters. The van der Waals surface area contributed by atoms with Crippen molar-refractivity contribution in [3.63, 3.8) is 0 Å². The molecular formula is C15H20N6O2. The predicted octanol–water partition coefficient (Wildman–Crippen LogP) is 0.488. The minimum absolute atomic E-state index is 0.277. The Balaban J connectivity index is 1.79. The summed E-state index contributed by atoms with van der Waals surface area (Å²) in [6, 6.07) is 2.01. The van der Waals surface area contributed by atoms with Gasteiger partial charge in [-0.15, -0.1) is 0 Å². The maximum atomic E-state index is 12.5. The van der Waals surface area contributed by atoms with Crippen molar-refractivity contribution in [2.24, 2.45) is 14.1 Å². The van der Waals surface area contributed by atoms with Crippen molar-refractivity contribution >= 4 is 11.2 Å². The molecule has 0 aliphatic rings. The molecule has 3 aromatic rings. The molecule has 0 radical (unpaired) electrons. The molecule has 1 N–H and O–H groups in total. The molecule has 3 rings (SSSR count). The van der Waals surface area contributed by atoms with Crippen molar-refractivity contribution in [1.82, 2.24) is 28.9 Å². The summed E-state index contributed by atoms with van der Waals surface area (Å²) in [5.41, 5.74) is 2.32. The molecule has 0 aromatic carbocycles. The fraction of sp³-hybridized carbons (Fsp3) is 0.467. The van der Waals surface area contributed by atoms with E-state index in [-0.39, 0.29) is 11.2 Å². The third-order valence-corrected chi connectivity index (χ3v) is 4.04. The topological polar surface area (TPSA) is 90.5 Å². The minimum Gasteiger partial charge on any atom is -0.328 e. The predicted molar refractivity (Wildman–Crippen MR) is 86.5 cm³/mol. The van der Waals surface area contributed by atoms with Gasteiger partial charge in [0.1, 0.15) is 0 Å². The Bertz CT molecular complexity index is 959. The lowest BCUT2D eigenvalue weighted by atomic mass is 10.2. The number of nitrogens with one attached hydrogen (secondary N) is 1. The molecule has 0 bridgehead atoms. The van der Waals surface area contributed by atoms with E-state index in [1.807, 2.05) is 13.0 Å². The largest absolute Gasteiger partial charge is 0.332 e. The van der Waals surface area contributed by atoms with Gasteiger partial charge in [0, 0.05) is 26.3 Å². The van der Waals surface area contributed by atoms with Crippen LogP contribution in [-0.4, -0.2) is 28.9 Å². The molecular weight excluding hydrogens is 296 g/mol. The Morgan fingerprint density at radius 2 is 2.00 bits per heavy atom. The standard InChI is InChI=1S/C15H20N6O2/c1-10-8-11(18-17-10)6-4-5-7-21-14(22)12-13(16-9-19(12)2)20(3)15(21)23/h8-9H,4-7H2,1-3H3,(H,17,18). The number of fused-ring (bicyclic) bond motifs is 1. The second-order valence-electron chi connectivity index (χ2n) is 5.82. The van der Waals surface area contributed by atoms with Crippen LogP contribution in [0.15, 0.2) is 22.0 Å². The third-order valence-electron chi connectivity index (χ3n) is 4.04. The summed E-state index contributed by atoms with van der Waals surface area (Å²) in [5, 5.41) is 7.06. The van der Waals surface area contributed by atoms with Crippen LogP contribution in [0.1, 0.15) is 24.2 Å². The van der Waals surface area contributed by atoms with Gasteiger partial charge in [0.25, 0.3) is 5.56 Å². The summed E-state index contributed by atoms with van der Waals surface area (Å²) in [4.78, 5) is 29.0. The summed E-state index contributed by atoms with van der Waals surface area (Å²) < 4.78 is 4.37. The smallest absolute Gasteiger partial charge is 0.328 e. The van der Waals surface area contributed by atoms with Crippen LogP contribution < -0.4 is 11.2 Å². The van der Waals surface area contributed by atoms with Gasteiger partial charge in [-0.3, -0.25) is 19.0 Å². The minimum atomic E-state index is -0.321. The van der Waals surface area contributed by atoms with E-state index in [0.717, 1.165) is 30.7 Å². The number of aryl methyl sites for hydroxylation is 4. The molecule has 0 aliphatic carbocycles. The number of aromatic nitrogens is 6. The first kappa shape index (κ1) is 15.3. The molecule has 0 saturated carbocycles. The van der Waals surface area contributed by atoms with Crippen LogP contribution in [0.4, 0.5) is 0 Å². The van der Waals surface area contributed by atoms with Crippen LogP contribution >= 0.6 is 0 Å². The van der Waals surface area contributed by atoms with E-state index in [2.05, 4.69) is 15.2 Å². The zero-order chi connectivity index (χ0) is 16.6. The Kier molecular flexibility index (Phi) is 3.89. The molecule has 0 fully saturated rings. The molecule has 3 aromatic heterocycles.